The number of aliphatic carboxylic acids is 1. The number of H-pyrrole nitrogens is 1. The average molecular weight is 307 g/mol. The molecule has 112 valence electrons. The van der Waals surface area contributed by atoms with Crippen molar-refractivity contribution in [1.82, 2.24) is 9.88 Å². The second-order valence-corrected chi connectivity index (χ2v) is 6.40. The molecule has 1 saturated heterocycles. The third-order valence-corrected chi connectivity index (χ3v) is 4.83. The molecule has 3 rings (SSSR count). The maximum Gasteiger partial charge on any atom is 0.323 e. The van der Waals surface area contributed by atoms with Crippen molar-refractivity contribution in [2.75, 3.05) is 6.54 Å². The summed E-state index contributed by atoms with van der Waals surface area (Å²) >= 11 is 6.00. The van der Waals surface area contributed by atoms with E-state index in [2.05, 4.69) is 9.88 Å². The van der Waals surface area contributed by atoms with Gasteiger partial charge in [0.05, 0.1) is 0 Å². The minimum Gasteiger partial charge on any atom is -0.480 e. The number of hydrogen-bond donors (Lipinski definition) is 2. The maximum atomic E-state index is 11.7. The van der Waals surface area contributed by atoms with Crippen molar-refractivity contribution in [3.05, 3.63) is 35.0 Å². The molecule has 1 fully saturated rings. The summed E-state index contributed by atoms with van der Waals surface area (Å²) in [7, 11) is 0. The molecule has 0 spiro atoms. The zero-order chi connectivity index (χ0) is 15.0. The van der Waals surface area contributed by atoms with Gasteiger partial charge in [-0.15, -0.1) is 0 Å². The highest BCUT2D eigenvalue weighted by Crippen LogP contribution is 2.31. The lowest BCUT2D eigenvalue weighted by molar-refractivity contribution is -0.153. The molecule has 2 N–H and O–H groups in total. The summed E-state index contributed by atoms with van der Waals surface area (Å²) in [5.74, 6) is -0.731. The Bertz CT molecular complexity index is 682. The molecule has 1 aliphatic heterocycles. The van der Waals surface area contributed by atoms with Crippen molar-refractivity contribution in [3.63, 3.8) is 0 Å². The fourth-order valence-electron chi connectivity index (χ4n) is 3.17. The Balaban J connectivity index is 1.91. The van der Waals surface area contributed by atoms with Crippen LogP contribution in [0.3, 0.4) is 0 Å². The topological polar surface area (TPSA) is 56.3 Å². The van der Waals surface area contributed by atoms with Gasteiger partial charge < -0.3 is 10.1 Å². The number of piperidine rings is 1. The number of carbonyl (C=O) groups is 1. The Kier molecular flexibility index (Phi) is 3.68. The Morgan fingerprint density at radius 3 is 3.05 bits per heavy atom. The third kappa shape index (κ3) is 2.54. The number of halogens is 1. The summed E-state index contributed by atoms with van der Waals surface area (Å²) in [6.45, 7) is 3.30. The SMILES string of the molecule is CC1(C(=O)O)CCCCN1Cc1c[nH]c2cc(Cl)ccc12. The summed E-state index contributed by atoms with van der Waals surface area (Å²) in [6.07, 6.45) is 4.69. The van der Waals surface area contributed by atoms with Crippen LogP contribution in [0.2, 0.25) is 5.02 Å². The summed E-state index contributed by atoms with van der Waals surface area (Å²) in [4.78, 5) is 17.0. The third-order valence-electron chi connectivity index (χ3n) is 4.59. The van der Waals surface area contributed by atoms with Crippen molar-refractivity contribution in [2.24, 2.45) is 0 Å². The molecule has 2 aromatic rings. The predicted molar refractivity (Wildman–Crippen MR) is 83.6 cm³/mol. The highest BCUT2D eigenvalue weighted by molar-refractivity contribution is 6.31. The molecule has 0 amide bonds. The Labute approximate surface area is 128 Å². The molecular weight excluding hydrogens is 288 g/mol. The number of carboxylic acids is 1. The van der Waals surface area contributed by atoms with E-state index in [9.17, 15) is 9.90 Å². The smallest absolute Gasteiger partial charge is 0.323 e. The number of likely N-dealkylation sites (tertiary alicyclic amines) is 1. The lowest BCUT2D eigenvalue weighted by atomic mass is 9.88. The summed E-state index contributed by atoms with van der Waals surface area (Å²) in [6, 6.07) is 5.76. The van der Waals surface area contributed by atoms with Crippen molar-refractivity contribution in [2.45, 2.75) is 38.3 Å². The molecule has 0 bridgehead atoms. The van der Waals surface area contributed by atoms with Crippen molar-refractivity contribution in [1.29, 1.82) is 0 Å². The van der Waals surface area contributed by atoms with Gasteiger partial charge in [0.1, 0.15) is 5.54 Å². The average Bonchev–Trinajstić information content (AvgIpc) is 2.83. The Morgan fingerprint density at radius 2 is 2.29 bits per heavy atom. The standard InChI is InChI=1S/C16H19ClN2O2/c1-16(15(20)21)6-2-3-7-19(16)10-11-9-18-14-8-12(17)4-5-13(11)14/h4-5,8-9,18H,2-3,6-7,10H2,1H3,(H,20,21). The molecule has 0 radical (unpaired) electrons. The molecule has 0 saturated carbocycles. The quantitative estimate of drug-likeness (QED) is 0.910. The van der Waals surface area contributed by atoms with Crippen LogP contribution in [0.1, 0.15) is 31.7 Å². The molecule has 1 aliphatic rings. The first-order valence-electron chi connectivity index (χ1n) is 7.25. The Morgan fingerprint density at radius 1 is 1.48 bits per heavy atom. The van der Waals surface area contributed by atoms with Gasteiger partial charge in [-0.05, 0) is 50.4 Å². The van der Waals surface area contributed by atoms with Crippen LogP contribution in [0.25, 0.3) is 10.9 Å². The van der Waals surface area contributed by atoms with E-state index >= 15 is 0 Å². The first-order valence-corrected chi connectivity index (χ1v) is 7.62. The molecule has 1 unspecified atom stereocenters. The number of nitrogens with one attached hydrogen (secondary N) is 1. The number of hydrogen-bond acceptors (Lipinski definition) is 2. The molecule has 2 heterocycles. The number of aromatic nitrogens is 1. The van der Waals surface area contributed by atoms with Crippen molar-refractivity contribution < 1.29 is 9.90 Å². The number of nitrogens with zero attached hydrogens (tertiary/aromatic N) is 1. The fraction of sp³-hybridized carbons (Fsp3) is 0.438. The molecule has 21 heavy (non-hydrogen) atoms. The van der Waals surface area contributed by atoms with Crippen LogP contribution < -0.4 is 0 Å². The van der Waals surface area contributed by atoms with Crippen LogP contribution in [-0.2, 0) is 11.3 Å². The molecule has 1 atom stereocenters. The number of benzene rings is 1. The van der Waals surface area contributed by atoms with Crippen LogP contribution in [0.5, 0.6) is 0 Å². The van der Waals surface area contributed by atoms with Crippen LogP contribution in [0.15, 0.2) is 24.4 Å². The van der Waals surface area contributed by atoms with E-state index in [0.717, 1.165) is 35.9 Å². The zero-order valence-electron chi connectivity index (χ0n) is 12.0. The summed E-state index contributed by atoms with van der Waals surface area (Å²) < 4.78 is 0. The molecule has 1 aromatic carbocycles. The first kappa shape index (κ1) is 14.4. The highest BCUT2D eigenvalue weighted by Gasteiger charge is 2.41. The van der Waals surface area contributed by atoms with Gasteiger partial charge in [-0.25, -0.2) is 0 Å². The van der Waals surface area contributed by atoms with E-state index in [4.69, 9.17) is 11.6 Å². The summed E-state index contributed by atoms with van der Waals surface area (Å²) in [5.41, 5.74) is 1.34. The van der Waals surface area contributed by atoms with E-state index in [1.165, 1.54) is 0 Å². The predicted octanol–water partition coefficient (Wildman–Crippen LogP) is 3.65. The zero-order valence-corrected chi connectivity index (χ0v) is 12.8. The lowest BCUT2D eigenvalue weighted by Gasteiger charge is -2.41. The van der Waals surface area contributed by atoms with Gasteiger partial charge in [-0.3, -0.25) is 9.69 Å². The number of fused-ring (bicyclic) bond motifs is 1. The van der Waals surface area contributed by atoms with E-state index in [0.29, 0.717) is 18.0 Å². The van der Waals surface area contributed by atoms with Gasteiger partial charge in [0.15, 0.2) is 0 Å². The normalized spacial score (nSPS) is 23.5. The number of carboxylic acid groups (broad SMARTS) is 1. The summed E-state index contributed by atoms with van der Waals surface area (Å²) in [5, 5.41) is 11.4. The first-order chi connectivity index (χ1) is 10.0. The van der Waals surface area contributed by atoms with E-state index < -0.39 is 11.5 Å². The van der Waals surface area contributed by atoms with Crippen LogP contribution in [0.4, 0.5) is 0 Å². The van der Waals surface area contributed by atoms with E-state index in [1.807, 2.05) is 31.3 Å². The number of rotatable bonds is 3. The second kappa shape index (κ2) is 5.35. The lowest BCUT2D eigenvalue weighted by Crippen LogP contribution is -2.54. The molecule has 1 aromatic heterocycles. The molecule has 4 nitrogen and oxygen atoms in total. The monoisotopic (exact) mass is 306 g/mol. The molecule has 5 heteroatoms. The van der Waals surface area contributed by atoms with Gasteiger partial charge in [-0.1, -0.05) is 17.7 Å². The van der Waals surface area contributed by atoms with Crippen LogP contribution >= 0.6 is 11.6 Å². The van der Waals surface area contributed by atoms with E-state index in [-0.39, 0.29) is 0 Å². The van der Waals surface area contributed by atoms with Crippen molar-refractivity contribution >= 4 is 28.5 Å². The molecular formula is C16H19ClN2O2. The largest absolute Gasteiger partial charge is 0.480 e. The molecule has 0 aliphatic carbocycles. The van der Waals surface area contributed by atoms with Gasteiger partial charge in [0.25, 0.3) is 0 Å². The van der Waals surface area contributed by atoms with E-state index in [1.54, 1.807) is 0 Å². The fourth-order valence-corrected chi connectivity index (χ4v) is 3.34. The van der Waals surface area contributed by atoms with Crippen molar-refractivity contribution in [3.8, 4) is 0 Å². The minimum absolute atomic E-state index is 0.643. The van der Waals surface area contributed by atoms with Crippen LogP contribution in [0, 0.1) is 0 Å². The number of aromatic amines is 1. The van der Waals surface area contributed by atoms with Gasteiger partial charge >= 0.3 is 5.97 Å². The van der Waals surface area contributed by atoms with Gasteiger partial charge in [-0.2, -0.15) is 0 Å². The highest BCUT2D eigenvalue weighted by atomic mass is 35.5. The van der Waals surface area contributed by atoms with Gasteiger partial charge in [0, 0.05) is 28.7 Å². The Hall–Kier alpha value is -1.52. The maximum absolute atomic E-state index is 11.7. The minimum atomic E-state index is -0.770. The van der Waals surface area contributed by atoms with Crippen LogP contribution in [-0.4, -0.2) is 33.0 Å². The second-order valence-electron chi connectivity index (χ2n) is 5.96. The van der Waals surface area contributed by atoms with Gasteiger partial charge in [0.2, 0.25) is 0 Å².